The van der Waals surface area contributed by atoms with Gasteiger partial charge in [0, 0.05) is 0 Å². The summed E-state index contributed by atoms with van der Waals surface area (Å²) in [6, 6.07) is 62.6. The molecule has 6 nitrogen and oxygen atoms in total. The molecule has 8 aromatic carbocycles. The highest BCUT2D eigenvalue weighted by atomic mass is 16.3. The lowest BCUT2D eigenvalue weighted by Crippen LogP contribution is -2.61. The van der Waals surface area contributed by atoms with Crippen LogP contribution in [0.3, 0.4) is 0 Å². The predicted molar refractivity (Wildman–Crippen MR) is 237 cm³/mol. The molecule has 0 saturated heterocycles. The Balaban J connectivity index is 1.51. The molecule has 8 aromatic rings. The molecule has 0 aromatic heterocycles. The number of aliphatic hydroxyl groups is 2. The van der Waals surface area contributed by atoms with E-state index in [0.717, 1.165) is 21.5 Å². The zero-order valence-electron chi connectivity index (χ0n) is 33.1. The van der Waals surface area contributed by atoms with E-state index in [2.05, 4.69) is 0 Å². The highest BCUT2D eigenvalue weighted by Crippen LogP contribution is 2.57. The number of carbonyl (C=O) groups is 2. The first-order valence-corrected chi connectivity index (χ1v) is 20.5. The second-order valence-corrected chi connectivity index (χ2v) is 16.0. The van der Waals surface area contributed by atoms with E-state index in [1.165, 1.54) is 0 Å². The Labute approximate surface area is 350 Å². The van der Waals surface area contributed by atoms with Gasteiger partial charge in [-0.05, 0) is 67.8 Å². The number of fused-ring (bicyclic) bond motifs is 2. The molecule has 1 aliphatic carbocycles. The summed E-state index contributed by atoms with van der Waals surface area (Å²) in [5, 5.41) is 32.1. The molecule has 9 rings (SSSR count). The molecule has 0 bridgehead atoms. The normalized spacial score (nSPS) is 14.8. The molecule has 1 saturated carbocycles. The Morgan fingerprint density at radius 1 is 0.467 bits per heavy atom. The zero-order valence-corrected chi connectivity index (χ0v) is 33.1. The van der Waals surface area contributed by atoms with E-state index in [-0.39, 0.29) is 12.8 Å². The molecule has 1 aliphatic rings. The molecule has 1 fully saturated rings. The Hall–Kier alpha value is -6.86. The number of amides is 2. The zero-order chi connectivity index (χ0) is 41.3. The quantitative estimate of drug-likeness (QED) is 0.107. The lowest BCUT2D eigenvalue weighted by molar-refractivity contribution is -0.173. The van der Waals surface area contributed by atoms with Crippen LogP contribution in [0.2, 0.25) is 0 Å². The van der Waals surface area contributed by atoms with Crippen LogP contribution >= 0.6 is 0 Å². The molecule has 2 atom stereocenters. The third kappa shape index (κ3) is 6.27. The lowest BCUT2D eigenvalue weighted by Gasteiger charge is -2.54. The van der Waals surface area contributed by atoms with Gasteiger partial charge in [0.1, 0.15) is 16.6 Å². The van der Waals surface area contributed by atoms with Gasteiger partial charge in [-0.3, -0.25) is 9.59 Å². The van der Waals surface area contributed by atoms with Gasteiger partial charge in [0.25, 0.3) is 0 Å². The van der Waals surface area contributed by atoms with E-state index < -0.39 is 40.5 Å². The van der Waals surface area contributed by atoms with Crippen LogP contribution in [0.1, 0.15) is 64.7 Å². The van der Waals surface area contributed by atoms with E-state index in [9.17, 15) is 15.0 Å². The third-order valence-electron chi connectivity index (χ3n) is 12.8. The fourth-order valence-electron chi connectivity index (χ4n) is 9.59. The number of rotatable bonds is 12. The van der Waals surface area contributed by atoms with E-state index >= 15 is 4.79 Å². The monoisotopic (exact) mass is 786 g/mol. The molecular formula is C54H46N2O4. The minimum absolute atomic E-state index is 0.229. The minimum atomic E-state index is -1.98. The van der Waals surface area contributed by atoms with E-state index in [4.69, 9.17) is 5.73 Å². The van der Waals surface area contributed by atoms with Gasteiger partial charge in [-0.25, -0.2) is 0 Å². The average molecular weight is 787 g/mol. The number of hydrogen-bond donors (Lipinski definition) is 3. The highest BCUT2D eigenvalue weighted by molar-refractivity contribution is 6.06. The van der Waals surface area contributed by atoms with Crippen LogP contribution in [-0.4, -0.2) is 26.9 Å². The van der Waals surface area contributed by atoms with E-state index in [0.29, 0.717) is 39.8 Å². The summed E-state index contributed by atoms with van der Waals surface area (Å²) in [5.74, 6) is -1.30. The molecule has 0 radical (unpaired) electrons. The maximum atomic E-state index is 16.6. The molecular weight excluding hydrogens is 741 g/mol. The van der Waals surface area contributed by atoms with Gasteiger partial charge < -0.3 is 20.8 Å². The van der Waals surface area contributed by atoms with Crippen LogP contribution in [0.15, 0.2) is 206 Å². The maximum Gasteiger partial charge on any atom is 0.239 e. The van der Waals surface area contributed by atoms with Gasteiger partial charge in [0.2, 0.25) is 11.8 Å². The first-order chi connectivity index (χ1) is 29.3. The van der Waals surface area contributed by atoms with Gasteiger partial charge in [-0.1, -0.05) is 213 Å². The smallest absolute Gasteiger partial charge is 0.239 e. The Morgan fingerprint density at radius 2 is 0.783 bits per heavy atom. The van der Waals surface area contributed by atoms with Crippen LogP contribution < -0.4 is 5.73 Å². The molecule has 6 heteroatoms. The molecule has 60 heavy (non-hydrogen) atoms. The molecule has 4 N–H and O–H groups in total. The molecule has 0 unspecified atom stereocenters. The summed E-state index contributed by atoms with van der Waals surface area (Å²) in [6.45, 7) is 0. The number of nitrogens with zero attached hydrogens (tertiary/aromatic N) is 1. The van der Waals surface area contributed by atoms with Gasteiger partial charge in [0.15, 0.2) is 0 Å². The summed E-state index contributed by atoms with van der Waals surface area (Å²) >= 11 is 0. The van der Waals surface area contributed by atoms with Crippen molar-refractivity contribution in [3.05, 3.63) is 240 Å². The van der Waals surface area contributed by atoms with Crippen LogP contribution in [0.5, 0.6) is 0 Å². The summed E-state index contributed by atoms with van der Waals surface area (Å²) < 4.78 is 0. The molecule has 0 aliphatic heterocycles. The molecule has 2 amide bonds. The van der Waals surface area contributed by atoms with Gasteiger partial charge in [-0.2, -0.15) is 0 Å². The number of carbonyl (C=O) groups excluding carboxylic acids is 2. The fourth-order valence-corrected chi connectivity index (χ4v) is 9.59. The first-order valence-electron chi connectivity index (χ1n) is 20.5. The van der Waals surface area contributed by atoms with Crippen molar-refractivity contribution < 1.29 is 19.8 Å². The Bertz CT molecular complexity index is 2530. The van der Waals surface area contributed by atoms with Crippen molar-refractivity contribution in [3.8, 4) is 0 Å². The van der Waals surface area contributed by atoms with Crippen molar-refractivity contribution in [2.75, 3.05) is 0 Å². The van der Waals surface area contributed by atoms with Crippen molar-refractivity contribution in [3.63, 3.8) is 0 Å². The standard InChI is InChI=1S/C54H46N2O4/c55-50(57)52(36-19-37-52)51(58)56(48(46-34-17-22-38-20-13-15-32-44(38)46)53(59,40-24-5-1-6-25-40)41-26-7-2-8-27-41)49(47-35-18-23-39-21-14-16-33-45(39)47)54(60,42-28-9-3-10-29-42)43-30-11-4-12-31-43/h1-18,20-35,48-49,59-60H,19,36-37H2,(H2,55,57)/t48-,49-/m0/s1. The van der Waals surface area contributed by atoms with Crippen LogP contribution in [0.4, 0.5) is 0 Å². The van der Waals surface area contributed by atoms with E-state index in [1.807, 2.05) is 206 Å². The number of nitrogens with two attached hydrogens (primary N) is 1. The molecule has 0 heterocycles. The second-order valence-electron chi connectivity index (χ2n) is 16.0. The fraction of sp³-hybridized carbons (Fsp3) is 0.148. The first kappa shape index (κ1) is 38.6. The van der Waals surface area contributed by atoms with Crippen molar-refractivity contribution in [2.24, 2.45) is 11.1 Å². The van der Waals surface area contributed by atoms with Crippen molar-refractivity contribution >= 4 is 33.4 Å². The molecule has 0 spiro atoms. The maximum absolute atomic E-state index is 16.6. The topological polar surface area (TPSA) is 104 Å². The van der Waals surface area contributed by atoms with Crippen molar-refractivity contribution in [1.82, 2.24) is 4.90 Å². The van der Waals surface area contributed by atoms with Crippen LogP contribution in [-0.2, 0) is 20.8 Å². The van der Waals surface area contributed by atoms with Crippen LogP contribution in [0, 0.1) is 5.41 Å². The summed E-state index contributed by atoms with van der Waals surface area (Å²) in [4.78, 5) is 32.3. The predicted octanol–water partition coefficient (Wildman–Crippen LogP) is 10.1. The van der Waals surface area contributed by atoms with Crippen LogP contribution in [0.25, 0.3) is 21.5 Å². The molecule has 296 valence electrons. The summed E-state index contributed by atoms with van der Waals surface area (Å²) in [6.07, 6.45) is 1.07. The van der Waals surface area contributed by atoms with Gasteiger partial charge in [-0.15, -0.1) is 0 Å². The average Bonchev–Trinajstić information content (AvgIpc) is 3.29. The third-order valence-corrected chi connectivity index (χ3v) is 12.8. The number of benzene rings is 8. The number of hydrogen-bond acceptors (Lipinski definition) is 4. The largest absolute Gasteiger partial charge is 0.378 e. The van der Waals surface area contributed by atoms with Crippen molar-refractivity contribution in [2.45, 2.75) is 42.5 Å². The van der Waals surface area contributed by atoms with E-state index in [1.54, 1.807) is 4.90 Å². The van der Waals surface area contributed by atoms with Gasteiger partial charge in [0.05, 0.1) is 12.1 Å². The van der Waals surface area contributed by atoms with Gasteiger partial charge >= 0.3 is 0 Å². The Kier molecular flexibility index (Phi) is 10.1. The Morgan fingerprint density at radius 3 is 1.10 bits per heavy atom. The van der Waals surface area contributed by atoms with Crippen molar-refractivity contribution in [1.29, 1.82) is 0 Å². The minimum Gasteiger partial charge on any atom is -0.378 e. The summed E-state index contributed by atoms with van der Waals surface area (Å²) in [7, 11) is 0. The summed E-state index contributed by atoms with van der Waals surface area (Å²) in [5.41, 5.74) is 4.14. The highest BCUT2D eigenvalue weighted by Gasteiger charge is 2.60. The number of primary amides is 1. The lowest BCUT2D eigenvalue weighted by atomic mass is 9.64. The SMILES string of the molecule is NC(=O)C1(C(=O)N([C@@H](c2cccc3ccccc23)C(O)(c2ccccc2)c2ccccc2)[C@@H](c2cccc3ccccc23)C(O)(c2ccccc2)c2ccccc2)CCC1. The second kappa shape index (κ2) is 15.7.